The molecule has 0 saturated carbocycles. The van der Waals surface area contributed by atoms with Crippen molar-refractivity contribution in [2.75, 3.05) is 0 Å². The van der Waals surface area contributed by atoms with E-state index in [0.717, 1.165) is 12.1 Å². The fourth-order valence-electron chi connectivity index (χ4n) is 2.57. The van der Waals surface area contributed by atoms with Gasteiger partial charge in [0, 0.05) is 23.8 Å². The summed E-state index contributed by atoms with van der Waals surface area (Å²) in [7, 11) is 0. The van der Waals surface area contributed by atoms with Gasteiger partial charge in [0.15, 0.2) is 0 Å². The summed E-state index contributed by atoms with van der Waals surface area (Å²) in [5, 5.41) is 1.21. The predicted molar refractivity (Wildman–Crippen MR) is 92.8 cm³/mol. The lowest BCUT2D eigenvalue weighted by atomic mass is 10.1. The molecule has 0 unspecified atom stereocenters. The van der Waals surface area contributed by atoms with Crippen LogP contribution < -0.4 is 5.73 Å². The minimum Gasteiger partial charge on any atom is -0.389 e. The molecule has 2 N–H and O–H groups in total. The minimum absolute atomic E-state index is 0.441. The standard InChI is InChI=1S/C18H18N2S/c1-12-3-4-14(9-13(12)2)11-20-8-7-15-5-6-16(18(19)21)10-17(15)20/h3-10H,11H2,1-2H3,(H2,19,21). The average molecular weight is 294 g/mol. The van der Waals surface area contributed by atoms with Gasteiger partial charge in [0.1, 0.15) is 4.99 Å². The number of benzene rings is 2. The number of nitrogens with zero attached hydrogens (tertiary/aromatic N) is 1. The molecule has 2 aromatic carbocycles. The monoisotopic (exact) mass is 294 g/mol. The summed E-state index contributed by atoms with van der Waals surface area (Å²) < 4.78 is 2.24. The van der Waals surface area contributed by atoms with Gasteiger partial charge in [0.25, 0.3) is 0 Å². The van der Waals surface area contributed by atoms with E-state index in [1.165, 1.54) is 27.6 Å². The summed E-state index contributed by atoms with van der Waals surface area (Å²) in [5.41, 5.74) is 11.8. The van der Waals surface area contributed by atoms with Crippen LogP contribution >= 0.6 is 12.2 Å². The molecule has 0 bridgehead atoms. The molecule has 0 saturated heterocycles. The van der Waals surface area contributed by atoms with E-state index in [9.17, 15) is 0 Å². The first-order valence-corrected chi connectivity index (χ1v) is 7.40. The Balaban J connectivity index is 2.01. The molecule has 3 rings (SSSR count). The summed E-state index contributed by atoms with van der Waals surface area (Å²) in [6, 6.07) is 14.9. The third-order valence-electron chi connectivity index (χ3n) is 3.98. The van der Waals surface area contributed by atoms with Gasteiger partial charge < -0.3 is 10.3 Å². The van der Waals surface area contributed by atoms with Crippen molar-refractivity contribution in [1.29, 1.82) is 0 Å². The molecular weight excluding hydrogens is 276 g/mol. The highest BCUT2D eigenvalue weighted by Gasteiger charge is 2.05. The Morgan fingerprint density at radius 2 is 1.86 bits per heavy atom. The van der Waals surface area contributed by atoms with E-state index in [0.29, 0.717) is 4.99 Å². The molecule has 3 aromatic rings. The molecule has 106 valence electrons. The lowest BCUT2D eigenvalue weighted by Gasteiger charge is -2.09. The number of hydrogen-bond donors (Lipinski definition) is 1. The van der Waals surface area contributed by atoms with E-state index in [1.54, 1.807) is 0 Å². The van der Waals surface area contributed by atoms with Gasteiger partial charge >= 0.3 is 0 Å². The van der Waals surface area contributed by atoms with Gasteiger partial charge in [-0.2, -0.15) is 0 Å². The van der Waals surface area contributed by atoms with Crippen LogP contribution in [0.2, 0.25) is 0 Å². The molecule has 0 aliphatic rings. The van der Waals surface area contributed by atoms with Gasteiger partial charge in [-0.15, -0.1) is 0 Å². The fraction of sp³-hybridized carbons (Fsp3) is 0.167. The van der Waals surface area contributed by atoms with Crippen LogP contribution in [0.1, 0.15) is 22.3 Å². The van der Waals surface area contributed by atoms with E-state index >= 15 is 0 Å². The molecule has 3 heteroatoms. The van der Waals surface area contributed by atoms with Crippen molar-refractivity contribution in [3.63, 3.8) is 0 Å². The molecule has 0 radical (unpaired) electrons. The highest BCUT2D eigenvalue weighted by atomic mass is 32.1. The minimum atomic E-state index is 0.441. The highest BCUT2D eigenvalue weighted by Crippen LogP contribution is 2.20. The molecule has 0 spiro atoms. The smallest absolute Gasteiger partial charge is 0.104 e. The molecule has 2 nitrogen and oxygen atoms in total. The summed E-state index contributed by atoms with van der Waals surface area (Å²) in [6.45, 7) is 5.14. The summed E-state index contributed by atoms with van der Waals surface area (Å²) in [6.07, 6.45) is 2.11. The third kappa shape index (κ3) is 2.69. The van der Waals surface area contributed by atoms with Crippen LogP contribution in [0.25, 0.3) is 10.9 Å². The second-order valence-electron chi connectivity index (χ2n) is 5.50. The van der Waals surface area contributed by atoms with Crippen molar-refractivity contribution in [3.8, 4) is 0 Å². The number of fused-ring (bicyclic) bond motifs is 1. The van der Waals surface area contributed by atoms with Crippen molar-refractivity contribution in [3.05, 3.63) is 70.9 Å². The first-order valence-electron chi connectivity index (χ1n) is 6.99. The van der Waals surface area contributed by atoms with Crippen molar-refractivity contribution >= 4 is 28.1 Å². The zero-order valence-corrected chi connectivity index (χ0v) is 13.1. The summed E-state index contributed by atoms with van der Waals surface area (Å²) in [5.74, 6) is 0. The quantitative estimate of drug-likeness (QED) is 0.742. The number of hydrogen-bond acceptors (Lipinski definition) is 1. The third-order valence-corrected chi connectivity index (χ3v) is 4.22. The Bertz CT molecular complexity index is 830. The second-order valence-corrected chi connectivity index (χ2v) is 5.94. The Kier molecular flexibility index (Phi) is 3.52. The molecule has 0 aliphatic heterocycles. The Morgan fingerprint density at radius 1 is 1.05 bits per heavy atom. The van der Waals surface area contributed by atoms with Crippen LogP contribution in [0.15, 0.2) is 48.7 Å². The largest absolute Gasteiger partial charge is 0.389 e. The molecule has 0 atom stereocenters. The molecule has 0 aliphatic carbocycles. The molecule has 21 heavy (non-hydrogen) atoms. The Labute approximate surface area is 130 Å². The van der Waals surface area contributed by atoms with Crippen LogP contribution in [-0.2, 0) is 6.54 Å². The summed E-state index contributed by atoms with van der Waals surface area (Å²) >= 11 is 5.07. The van der Waals surface area contributed by atoms with Crippen LogP contribution in [0, 0.1) is 13.8 Å². The lowest BCUT2D eigenvalue weighted by Crippen LogP contribution is -2.09. The average Bonchev–Trinajstić information content (AvgIpc) is 2.85. The van der Waals surface area contributed by atoms with Crippen molar-refractivity contribution in [2.45, 2.75) is 20.4 Å². The van der Waals surface area contributed by atoms with E-state index in [2.05, 4.69) is 61.0 Å². The van der Waals surface area contributed by atoms with Gasteiger partial charge in [-0.3, -0.25) is 0 Å². The molecule has 1 aromatic heterocycles. The topological polar surface area (TPSA) is 30.9 Å². The predicted octanol–water partition coefficient (Wildman–Crippen LogP) is 3.94. The zero-order chi connectivity index (χ0) is 15.0. The maximum atomic E-state index is 5.73. The van der Waals surface area contributed by atoms with Crippen LogP contribution in [-0.4, -0.2) is 9.56 Å². The van der Waals surface area contributed by atoms with Gasteiger partial charge in [-0.1, -0.05) is 42.5 Å². The van der Waals surface area contributed by atoms with Crippen molar-refractivity contribution in [1.82, 2.24) is 4.57 Å². The number of thiocarbonyl (C=S) groups is 1. The highest BCUT2D eigenvalue weighted by molar-refractivity contribution is 7.80. The van der Waals surface area contributed by atoms with Gasteiger partial charge in [-0.25, -0.2) is 0 Å². The number of nitrogens with two attached hydrogens (primary N) is 1. The first-order chi connectivity index (χ1) is 10.0. The van der Waals surface area contributed by atoms with E-state index in [-0.39, 0.29) is 0 Å². The fourth-order valence-corrected chi connectivity index (χ4v) is 2.70. The molecule has 0 amide bonds. The van der Waals surface area contributed by atoms with E-state index in [1.807, 2.05) is 6.07 Å². The maximum absolute atomic E-state index is 5.73. The molecule has 1 heterocycles. The number of aryl methyl sites for hydroxylation is 2. The number of aromatic nitrogens is 1. The first kappa shape index (κ1) is 13.8. The zero-order valence-electron chi connectivity index (χ0n) is 12.3. The molecular formula is C18H18N2S. The Hall–Kier alpha value is -2.13. The Morgan fingerprint density at radius 3 is 2.57 bits per heavy atom. The second kappa shape index (κ2) is 5.34. The molecule has 0 fully saturated rings. The van der Waals surface area contributed by atoms with Crippen LogP contribution in [0.4, 0.5) is 0 Å². The van der Waals surface area contributed by atoms with Crippen LogP contribution in [0.5, 0.6) is 0 Å². The van der Waals surface area contributed by atoms with Crippen LogP contribution in [0.3, 0.4) is 0 Å². The van der Waals surface area contributed by atoms with Gasteiger partial charge in [0.2, 0.25) is 0 Å². The maximum Gasteiger partial charge on any atom is 0.104 e. The van der Waals surface area contributed by atoms with E-state index < -0.39 is 0 Å². The van der Waals surface area contributed by atoms with E-state index in [4.69, 9.17) is 18.0 Å². The van der Waals surface area contributed by atoms with Gasteiger partial charge in [0.05, 0.1) is 0 Å². The number of rotatable bonds is 3. The SMILES string of the molecule is Cc1ccc(Cn2ccc3ccc(C(N)=S)cc32)cc1C. The van der Waals surface area contributed by atoms with Gasteiger partial charge in [-0.05, 0) is 48.1 Å². The lowest BCUT2D eigenvalue weighted by molar-refractivity contribution is 0.835. The summed E-state index contributed by atoms with van der Waals surface area (Å²) in [4.78, 5) is 0.441. The normalized spacial score (nSPS) is 11.0. The van der Waals surface area contributed by atoms with Crippen molar-refractivity contribution in [2.24, 2.45) is 5.73 Å². The van der Waals surface area contributed by atoms with Crippen molar-refractivity contribution < 1.29 is 0 Å².